The van der Waals surface area contributed by atoms with E-state index < -0.39 is 28.5 Å². The van der Waals surface area contributed by atoms with Crippen LogP contribution in [0.4, 0.5) is 5.69 Å². The van der Waals surface area contributed by atoms with Gasteiger partial charge in [-0.2, -0.15) is 4.31 Å². The molecule has 0 aliphatic carbocycles. The van der Waals surface area contributed by atoms with E-state index in [9.17, 15) is 18.0 Å². The number of aromatic nitrogens is 1. The van der Waals surface area contributed by atoms with Gasteiger partial charge in [0.15, 0.2) is 6.61 Å². The maximum Gasteiger partial charge on any atom is 0.339 e. The van der Waals surface area contributed by atoms with Crippen LogP contribution in [0.5, 0.6) is 5.75 Å². The number of likely N-dealkylation sites (N-methyl/N-ethyl adjacent to an activating group) is 1. The number of methoxy groups -OCH3 is 1. The number of ether oxygens (including phenoxy) is 3. The lowest BCUT2D eigenvalue weighted by Gasteiger charge is -2.26. The number of amides is 1. The predicted octanol–water partition coefficient (Wildman–Crippen LogP) is 2.05. The zero-order valence-electron chi connectivity index (χ0n) is 21.8. The average molecular weight is 555 g/mol. The molecule has 2 aromatic carbocycles. The molecule has 1 N–H and O–H groups in total. The first-order valence-corrected chi connectivity index (χ1v) is 14.0. The van der Waals surface area contributed by atoms with Crippen molar-refractivity contribution in [1.29, 1.82) is 0 Å². The summed E-state index contributed by atoms with van der Waals surface area (Å²) in [5, 5.41) is 3.32. The summed E-state index contributed by atoms with van der Waals surface area (Å²) in [6.07, 6.45) is 0.717. The second kappa shape index (κ2) is 11.3. The molecule has 1 saturated heterocycles. The fraction of sp³-hybridized carbons (Fsp3) is 0.370. The second-order valence-electron chi connectivity index (χ2n) is 9.42. The largest absolute Gasteiger partial charge is 0.495 e. The summed E-state index contributed by atoms with van der Waals surface area (Å²) in [7, 11) is -0.381. The van der Waals surface area contributed by atoms with Gasteiger partial charge >= 0.3 is 5.97 Å². The van der Waals surface area contributed by atoms with E-state index in [2.05, 4.69) is 10.2 Å². The lowest BCUT2D eigenvalue weighted by atomic mass is 9.96. The molecule has 1 aromatic heterocycles. The maximum absolute atomic E-state index is 13.3. The Hall–Kier alpha value is -3.58. The minimum absolute atomic E-state index is 0.0463. The van der Waals surface area contributed by atoms with Crippen LogP contribution in [0.1, 0.15) is 21.6 Å². The van der Waals surface area contributed by atoms with Gasteiger partial charge in [-0.25, -0.2) is 13.2 Å². The van der Waals surface area contributed by atoms with E-state index in [0.29, 0.717) is 42.6 Å². The normalized spacial score (nSPS) is 16.5. The van der Waals surface area contributed by atoms with Crippen molar-refractivity contribution in [2.45, 2.75) is 17.9 Å². The number of nitrogens with one attached hydrogen (secondary N) is 1. The van der Waals surface area contributed by atoms with Gasteiger partial charge in [0.2, 0.25) is 10.0 Å². The first-order valence-electron chi connectivity index (χ1n) is 12.6. The Labute approximate surface area is 226 Å². The molecule has 1 fully saturated rings. The van der Waals surface area contributed by atoms with E-state index in [0.717, 1.165) is 17.8 Å². The average Bonchev–Trinajstić information content (AvgIpc) is 2.95. The Bertz CT molecular complexity index is 1520. The monoisotopic (exact) mass is 554 g/mol. The quantitative estimate of drug-likeness (QED) is 0.437. The number of nitrogens with zero attached hydrogens (tertiary/aromatic N) is 3. The summed E-state index contributed by atoms with van der Waals surface area (Å²) in [4.78, 5) is 32.9. The van der Waals surface area contributed by atoms with E-state index in [1.165, 1.54) is 29.6 Å². The highest BCUT2D eigenvalue weighted by atomic mass is 32.2. The number of hydrogen-bond acceptors (Lipinski definition) is 9. The number of carbonyl (C=O) groups is 2. The van der Waals surface area contributed by atoms with Crippen molar-refractivity contribution in [2.24, 2.45) is 0 Å². The van der Waals surface area contributed by atoms with Gasteiger partial charge in [0, 0.05) is 55.3 Å². The fourth-order valence-electron chi connectivity index (χ4n) is 4.82. The molecule has 11 nitrogen and oxygen atoms in total. The predicted molar refractivity (Wildman–Crippen MR) is 143 cm³/mol. The second-order valence-corrected chi connectivity index (χ2v) is 11.4. The molecule has 12 heteroatoms. The lowest BCUT2D eigenvalue weighted by Crippen LogP contribution is -2.40. The highest BCUT2D eigenvalue weighted by molar-refractivity contribution is 7.89. The Morgan fingerprint density at radius 2 is 1.87 bits per heavy atom. The maximum atomic E-state index is 13.3. The van der Waals surface area contributed by atoms with Crippen molar-refractivity contribution < 1.29 is 32.2 Å². The number of esters is 1. The van der Waals surface area contributed by atoms with Crippen LogP contribution in [0.25, 0.3) is 10.9 Å². The third-order valence-corrected chi connectivity index (χ3v) is 8.73. The van der Waals surface area contributed by atoms with Gasteiger partial charge < -0.3 is 24.4 Å². The lowest BCUT2D eigenvalue weighted by molar-refractivity contribution is -0.119. The molecule has 206 valence electrons. The van der Waals surface area contributed by atoms with Crippen LogP contribution in [0.2, 0.25) is 0 Å². The zero-order chi connectivity index (χ0) is 27.6. The zero-order valence-corrected chi connectivity index (χ0v) is 22.6. The molecule has 0 unspecified atom stereocenters. The van der Waals surface area contributed by atoms with Crippen LogP contribution in [0, 0.1) is 0 Å². The Morgan fingerprint density at radius 3 is 2.64 bits per heavy atom. The first-order chi connectivity index (χ1) is 18.8. The summed E-state index contributed by atoms with van der Waals surface area (Å²) in [6, 6.07) is 11.6. The molecule has 0 saturated carbocycles. The molecule has 2 aliphatic rings. The Morgan fingerprint density at radius 1 is 1.10 bits per heavy atom. The van der Waals surface area contributed by atoms with Crippen molar-refractivity contribution in [1.82, 2.24) is 14.2 Å². The van der Waals surface area contributed by atoms with Gasteiger partial charge in [-0.15, -0.1) is 0 Å². The van der Waals surface area contributed by atoms with Gasteiger partial charge in [-0.1, -0.05) is 18.2 Å². The van der Waals surface area contributed by atoms with E-state index in [4.69, 9.17) is 19.2 Å². The number of hydrogen-bond donors (Lipinski definition) is 1. The molecule has 1 amide bonds. The molecule has 0 atom stereocenters. The topological polar surface area (TPSA) is 127 Å². The standard InChI is InChI=1S/C27H30N4O7S/c1-30-10-9-22-20(16-30)26(19-5-3-4-6-21(19)28-22)27(33)38-17-25(32)29-23-8-7-18(15-24(23)36-2)39(34,35)31-11-13-37-14-12-31/h3-8,15H,9-14,16-17H2,1-2H3,(H,29,32). The molecule has 3 aromatic rings. The molecular formula is C27H30N4O7S. The molecular weight excluding hydrogens is 524 g/mol. The van der Waals surface area contributed by atoms with Gasteiger partial charge in [0.1, 0.15) is 5.75 Å². The molecule has 0 bridgehead atoms. The summed E-state index contributed by atoms with van der Waals surface area (Å²) >= 11 is 0. The van der Waals surface area contributed by atoms with Crippen molar-refractivity contribution >= 4 is 38.5 Å². The minimum atomic E-state index is -3.74. The number of anilines is 1. The highest BCUT2D eigenvalue weighted by Gasteiger charge is 2.28. The van der Waals surface area contributed by atoms with E-state index in [-0.39, 0.29) is 29.4 Å². The van der Waals surface area contributed by atoms with Crippen molar-refractivity contribution in [2.75, 3.05) is 58.9 Å². The van der Waals surface area contributed by atoms with Crippen molar-refractivity contribution in [3.63, 3.8) is 0 Å². The third kappa shape index (κ3) is 5.59. The van der Waals surface area contributed by atoms with Gasteiger partial charge in [-0.05, 0) is 25.2 Å². The summed E-state index contributed by atoms with van der Waals surface area (Å²) in [5.41, 5.74) is 3.05. The van der Waals surface area contributed by atoms with Crippen molar-refractivity contribution in [3.05, 3.63) is 59.3 Å². The van der Waals surface area contributed by atoms with Crippen LogP contribution in [-0.2, 0) is 37.3 Å². The molecule has 0 spiro atoms. The smallest absolute Gasteiger partial charge is 0.339 e. The van der Waals surface area contributed by atoms with Gasteiger partial charge in [-0.3, -0.25) is 9.78 Å². The number of benzene rings is 2. The van der Waals surface area contributed by atoms with Crippen LogP contribution in [0.3, 0.4) is 0 Å². The van der Waals surface area contributed by atoms with Crippen LogP contribution in [-0.4, -0.2) is 88.1 Å². The molecule has 3 heterocycles. The molecule has 0 radical (unpaired) electrons. The van der Waals surface area contributed by atoms with Crippen LogP contribution >= 0.6 is 0 Å². The fourth-order valence-corrected chi connectivity index (χ4v) is 6.24. The van der Waals surface area contributed by atoms with Gasteiger partial charge in [0.05, 0.1) is 42.0 Å². The van der Waals surface area contributed by atoms with Crippen LogP contribution < -0.4 is 10.1 Å². The number of pyridine rings is 1. The summed E-state index contributed by atoms with van der Waals surface area (Å²) in [5.74, 6) is -1.02. The van der Waals surface area contributed by atoms with Gasteiger partial charge in [0.25, 0.3) is 5.91 Å². The third-order valence-electron chi connectivity index (χ3n) is 6.83. The molecule has 39 heavy (non-hydrogen) atoms. The molecule has 5 rings (SSSR count). The highest BCUT2D eigenvalue weighted by Crippen LogP contribution is 2.30. The summed E-state index contributed by atoms with van der Waals surface area (Å²) < 4.78 is 43.3. The number of para-hydroxylation sites is 1. The first kappa shape index (κ1) is 27.0. The van der Waals surface area contributed by atoms with Crippen LogP contribution in [0.15, 0.2) is 47.4 Å². The number of fused-ring (bicyclic) bond motifs is 2. The Kier molecular flexibility index (Phi) is 7.80. The Balaban J connectivity index is 1.31. The number of sulfonamides is 1. The number of morpholine rings is 1. The van der Waals surface area contributed by atoms with E-state index in [1.54, 1.807) is 0 Å². The minimum Gasteiger partial charge on any atom is -0.495 e. The SMILES string of the molecule is COc1cc(S(=O)(=O)N2CCOCC2)ccc1NC(=O)COC(=O)c1c2c(nc3ccccc13)CCN(C)C2. The number of rotatable bonds is 7. The van der Waals surface area contributed by atoms with Crippen molar-refractivity contribution in [3.8, 4) is 5.75 Å². The van der Waals surface area contributed by atoms with E-state index >= 15 is 0 Å². The molecule has 2 aliphatic heterocycles. The number of carbonyl (C=O) groups excluding carboxylic acids is 2. The van der Waals surface area contributed by atoms with E-state index in [1.807, 2.05) is 31.3 Å². The summed E-state index contributed by atoms with van der Waals surface area (Å²) in [6.45, 7) is 2.05.